The first-order valence-electron chi connectivity index (χ1n) is 10.2. The molecule has 0 aliphatic rings. The molecule has 0 aliphatic carbocycles. The Morgan fingerprint density at radius 1 is 0.750 bits per heavy atom. The van der Waals surface area contributed by atoms with Crippen molar-refractivity contribution in [1.82, 2.24) is 5.32 Å². The van der Waals surface area contributed by atoms with Gasteiger partial charge in [-0.05, 0) is 47.9 Å². The van der Waals surface area contributed by atoms with Gasteiger partial charge in [0.05, 0.1) is 5.56 Å². The van der Waals surface area contributed by atoms with Gasteiger partial charge in [0.25, 0.3) is 5.91 Å². The number of thiocarbonyl (C=S) groups is 1. The standard InChI is InChI=1S/C26H22N2O3S/c29-25(28-26(32)27-23-15-8-10-19-9-4-5-13-21(19)23)22-14-6-7-16-24(22)31-18-17-30-20-11-2-1-3-12-20/h1-16H,17-18H2,(H2,27,28,29,32). The van der Waals surface area contributed by atoms with Crippen LogP contribution < -0.4 is 20.1 Å². The summed E-state index contributed by atoms with van der Waals surface area (Å²) in [5.41, 5.74) is 1.23. The van der Waals surface area contributed by atoms with Crippen LogP contribution >= 0.6 is 12.2 Å². The first kappa shape index (κ1) is 21.3. The molecule has 4 aromatic carbocycles. The van der Waals surface area contributed by atoms with Crippen LogP contribution in [0.2, 0.25) is 0 Å². The van der Waals surface area contributed by atoms with Gasteiger partial charge in [-0.15, -0.1) is 0 Å². The van der Waals surface area contributed by atoms with E-state index in [1.807, 2.05) is 78.9 Å². The normalized spacial score (nSPS) is 10.4. The molecule has 2 N–H and O–H groups in total. The second kappa shape index (κ2) is 10.4. The van der Waals surface area contributed by atoms with E-state index in [-0.39, 0.29) is 11.0 Å². The first-order chi connectivity index (χ1) is 15.7. The summed E-state index contributed by atoms with van der Waals surface area (Å²) >= 11 is 5.37. The van der Waals surface area contributed by atoms with Gasteiger partial charge in [0.15, 0.2) is 5.11 Å². The predicted octanol–water partition coefficient (Wildman–Crippen LogP) is 5.42. The van der Waals surface area contributed by atoms with Crippen LogP contribution in [0.1, 0.15) is 10.4 Å². The summed E-state index contributed by atoms with van der Waals surface area (Å²) in [4.78, 5) is 12.8. The van der Waals surface area contributed by atoms with Gasteiger partial charge < -0.3 is 14.8 Å². The van der Waals surface area contributed by atoms with E-state index in [0.29, 0.717) is 24.5 Å². The summed E-state index contributed by atoms with van der Waals surface area (Å²) in [6.45, 7) is 0.666. The Labute approximate surface area is 192 Å². The van der Waals surface area contributed by atoms with Crippen molar-refractivity contribution in [3.05, 3.63) is 103 Å². The number of hydrogen-bond donors (Lipinski definition) is 2. The summed E-state index contributed by atoms with van der Waals surface area (Å²) in [5, 5.41) is 8.17. The van der Waals surface area contributed by atoms with E-state index in [2.05, 4.69) is 10.6 Å². The zero-order valence-corrected chi connectivity index (χ0v) is 18.1. The highest BCUT2D eigenvalue weighted by atomic mass is 32.1. The zero-order chi connectivity index (χ0) is 22.2. The van der Waals surface area contributed by atoms with Crippen LogP contribution in [-0.4, -0.2) is 24.2 Å². The Kier molecular flexibility index (Phi) is 6.94. The van der Waals surface area contributed by atoms with Crippen molar-refractivity contribution in [3.8, 4) is 11.5 Å². The maximum absolute atomic E-state index is 12.8. The van der Waals surface area contributed by atoms with E-state index in [1.54, 1.807) is 18.2 Å². The van der Waals surface area contributed by atoms with Crippen LogP contribution in [-0.2, 0) is 0 Å². The van der Waals surface area contributed by atoms with Crippen LogP contribution in [0, 0.1) is 0 Å². The van der Waals surface area contributed by atoms with Crippen molar-refractivity contribution in [2.24, 2.45) is 0 Å². The molecule has 160 valence electrons. The molecule has 4 rings (SSSR count). The van der Waals surface area contributed by atoms with Crippen LogP contribution in [0.3, 0.4) is 0 Å². The summed E-state index contributed by atoms with van der Waals surface area (Å²) < 4.78 is 11.4. The zero-order valence-electron chi connectivity index (χ0n) is 17.3. The van der Waals surface area contributed by atoms with Gasteiger partial charge in [0.2, 0.25) is 0 Å². The van der Waals surface area contributed by atoms with Crippen LogP contribution in [0.25, 0.3) is 10.8 Å². The Balaban J connectivity index is 1.36. The number of ether oxygens (including phenoxy) is 2. The molecule has 6 heteroatoms. The molecule has 0 atom stereocenters. The Morgan fingerprint density at radius 3 is 2.31 bits per heavy atom. The molecule has 0 unspecified atom stereocenters. The maximum atomic E-state index is 12.8. The number of amides is 1. The smallest absolute Gasteiger partial charge is 0.261 e. The average molecular weight is 443 g/mol. The molecule has 0 saturated heterocycles. The van der Waals surface area contributed by atoms with E-state index in [1.165, 1.54) is 0 Å². The van der Waals surface area contributed by atoms with Gasteiger partial charge in [-0.2, -0.15) is 0 Å². The fourth-order valence-corrected chi connectivity index (χ4v) is 3.47. The van der Waals surface area contributed by atoms with Crippen LogP contribution in [0.5, 0.6) is 11.5 Å². The molecule has 0 bridgehead atoms. The van der Waals surface area contributed by atoms with Crippen molar-refractivity contribution < 1.29 is 14.3 Å². The molecule has 32 heavy (non-hydrogen) atoms. The fourth-order valence-electron chi connectivity index (χ4n) is 3.27. The van der Waals surface area contributed by atoms with Gasteiger partial charge in [0.1, 0.15) is 24.7 Å². The minimum atomic E-state index is -0.345. The number of para-hydroxylation sites is 2. The minimum Gasteiger partial charge on any atom is -0.490 e. The van der Waals surface area contributed by atoms with Crippen molar-refractivity contribution in [1.29, 1.82) is 0 Å². The van der Waals surface area contributed by atoms with E-state index < -0.39 is 0 Å². The molecule has 4 aromatic rings. The summed E-state index contributed by atoms with van der Waals surface area (Å²) in [6, 6.07) is 30.4. The molecule has 0 spiro atoms. The van der Waals surface area contributed by atoms with Gasteiger partial charge in [-0.1, -0.05) is 66.7 Å². The third-order valence-corrected chi connectivity index (χ3v) is 4.95. The lowest BCUT2D eigenvalue weighted by atomic mass is 10.1. The summed E-state index contributed by atoms with van der Waals surface area (Å²) in [7, 11) is 0. The predicted molar refractivity (Wildman–Crippen MR) is 132 cm³/mol. The number of benzene rings is 4. The summed E-state index contributed by atoms with van der Waals surface area (Å²) in [5.74, 6) is 0.893. The lowest BCUT2D eigenvalue weighted by Crippen LogP contribution is -2.34. The topological polar surface area (TPSA) is 59.6 Å². The average Bonchev–Trinajstić information content (AvgIpc) is 2.83. The minimum absolute atomic E-state index is 0.216. The number of carbonyl (C=O) groups is 1. The first-order valence-corrected chi connectivity index (χ1v) is 10.6. The van der Waals surface area contributed by atoms with E-state index in [4.69, 9.17) is 21.7 Å². The third kappa shape index (κ3) is 5.42. The lowest BCUT2D eigenvalue weighted by molar-refractivity contribution is 0.0972. The highest BCUT2D eigenvalue weighted by molar-refractivity contribution is 7.80. The molecule has 0 aromatic heterocycles. The Bertz CT molecular complexity index is 1220. The molecule has 0 fully saturated rings. The fraction of sp³-hybridized carbons (Fsp3) is 0.0769. The number of anilines is 1. The number of rotatable bonds is 7. The second-order valence-corrected chi connectivity index (χ2v) is 7.35. The van der Waals surface area contributed by atoms with Gasteiger partial charge in [-0.25, -0.2) is 0 Å². The van der Waals surface area contributed by atoms with E-state index in [0.717, 1.165) is 22.2 Å². The summed E-state index contributed by atoms with van der Waals surface area (Å²) in [6.07, 6.45) is 0. The molecule has 0 aliphatic heterocycles. The molecular formula is C26H22N2O3S. The third-order valence-electron chi connectivity index (χ3n) is 4.75. The lowest BCUT2D eigenvalue weighted by Gasteiger charge is -2.14. The second-order valence-electron chi connectivity index (χ2n) is 6.94. The number of carbonyl (C=O) groups excluding carboxylic acids is 1. The van der Waals surface area contributed by atoms with Crippen molar-refractivity contribution >= 4 is 39.7 Å². The highest BCUT2D eigenvalue weighted by Gasteiger charge is 2.14. The number of hydrogen-bond acceptors (Lipinski definition) is 4. The Morgan fingerprint density at radius 2 is 1.44 bits per heavy atom. The van der Waals surface area contributed by atoms with Crippen LogP contribution in [0.4, 0.5) is 5.69 Å². The number of fused-ring (bicyclic) bond motifs is 1. The van der Waals surface area contributed by atoms with Crippen molar-refractivity contribution in [2.45, 2.75) is 0 Å². The molecule has 1 amide bonds. The largest absolute Gasteiger partial charge is 0.490 e. The maximum Gasteiger partial charge on any atom is 0.261 e. The number of nitrogens with one attached hydrogen (secondary N) is 2. The van der Waals surface area contributed by atoms with E-state index in [9.17, 15) is 4.79 Å². The van der Waals surface area contributed by atoms with Crippen LogP contribution in [0.15, 0.2) is 97.1 Å². The molecule has 0 heterocycles. The SMILES string of the molecule is O=C(NC(=S)Nc1cccc2ccccc12)c1ccccc1OCCOc1ccccc1. The molecule has 0 radical (unpaired) electrons. The molecular weight excluding hydrogens is 420 g/mol. The van der Waals surface area contributed by atoms with E-state index >= 15 is 0 Å². The van der Waals surface area contributed by atoms with Crippen molar-refractivity contribution in [2.75, 3.05) is 18.5 Å². The highest BCUT2D eigenvalue weighted by Crippen LogP contribution is 2.23. The van der Waals surface area contributed by atoms with Gasteiger partial charge in [0, 0.05) is 11.1 Å². The monoisotopic (exact) mass is 442 g/mol. The molecule has 0 saturated carbocycles. The van der Waals surface area contributed by atoms with Crippen molar-refractivity contribution in [3.63, 3.8) is 0 Å². The van der Waals surface area contributed by atoms with Gasteiger partial charge in [-0.3, -0.25) is 10.1 Å². The quantitative estimate of drug-likeness (QED) is 0.295. The molecule has 5 nitrogen and oxygen atoms in total. The van der Waals surface area contributed by atoms with Gasteiger partial charge >= 0.3 is 0 Å². The Hall–Kier alpha value is -3.90.